The average Bonchev–Trinajstić information content (AvgIpc) is 2.27. The van der Waals surface area contributed by atoms with Gasteiger partial charge in [0.1, 0.15) is 0 Å². The van der Waals surface area contributed by atoms with Gasteiger partial charge in [-0.25, -0.2) is 9.69 Å². The molecule has 0 aromatic heterocycles. The summed E-state index contributed by atoms with van der Waals surface area (Å²) in [7, 11) is 0. The van der Waals surface area contributed by atoms with Crippen molar-refractivity contribution < 1.29 is 9.59 Å². The van der Waals surface area contributed by atoms with E-state index in [1.54, 1.807) is 11.0 Å². The Hall–Kier alpha value is -1.84. The Kier molecular flexibility index (Phi) is 3.35. The van der Waals surface area contributed by atoms with E-state index < -0.39 is 0 Å². The van der Waals surface area contributed by atoms with E-state index in [9.17, 15) is 9.59 Å². The molecule has 0 atom stereocenters. The normalized spacial score (nSPS) is 17.1. The summed E-state index contributed by atoms with van der Waals surface area (Å²) in [6.07, 6.45) is 0.372. The van der Waals surface area contributed by atoms with Gasteiger partial charge in [-0.05, 0) is 45.4 Å². The van der Waals surface area contributed by atoms with Crippen LogP contribution in [0.5, 0.6) is 0 Å². The molecule has 0 N–H and O–H groups in total. The van der Waals surface area contributed by atoms with Gasteiger partial charge < -0.3 is 4.90 Å². The summed E-state index contributed by atoms with van der Waals surface area (Å²) in [4.78, 5) is 27.6. The van der Waals surface area contributed by atoms with Gasteiger partial charge in [0, 0.05) is 18.5 Å². The number of benzene rings is 1. The Morgan fingerprint density at radius 2 is 1.84 bits per heavy atom. The molecule has 1 heterocycles. The molecule has 1 fully saturated rings. The van der Waals surface area contributed by atoms with Gasteiger partial charge in [0.05, 0.1) is 5.69 Å². The number of nitrogens with zero attached hydrogens (tertiary/aromatic N) is 2. The standard InChI is InChI=1S/C15H20N2O2/c1-11-6-5-7-12(10-11)17-13(18)8-9-16(14(17)19)15(2,3)4/h5-7,10H,8-9H2,1-4H3. The highest BCUT2D eigenvalue weighted by Gasteiger charge is 2.38. The van der Waals surface area contributed by atoms with Crippen LogP contribution in [0.1, 0.15) is 32.8 Å². The number of hydrogen-bond acceptors (Lipinski definition) is 2. The lowest BCUT2D eigenvalue weighted by molar-refractivity contribution is -0.119. The Bertz CT molecular complexity index is 517. The number of carbonyl (C=O) groups is 2. The average molecular weight is 260 g/mol. The van der Waals surface area contributed by atoms with Gasteiger partial charge in [0.2, 0.25) is 5.91 Å². The number of carbonyl (C=O) groups excluding carboxylic acids is 2. The first-order valence-electron chi connectivity index (χ1n) is 6.52. The minimum absolute atomic E-state index is 0.129. The van der Waals surface area contributed by atoms with Gasteiger partial charge in [-0.1, -0.05) is 12.1 Å². The molecular weight excluding hydrogens is 240 g/mol. The van der Waals surface area contributed by atoms with E-state index in [0.29, 0.717) is 18.7 Å². The zero-order chi connectivity index (χ0) is 14.2. The van der Waals surface area contributed by atoms with Crippen molar-refractivity contribution in [1.82, 2.24) is 4.90 Å². The molecule has 0 bridgehead atoms. The molecule has 0 radical (unpaired) electrons. The maximum atomic E-state index is 12.5. The number of aryl methyl sites for hydroxylation is 1. The van der Waals surface area contributed by atoms with Gasteiger partial charge in [0.15, 0.2) is 0 Å². The summed E-state index contributed by atoms with van der Waals surface area (Å²) in [6, 6.07) is 7.25. The molecule has 2 rings (SSSR count). The summed E-state index contributed by atoms with van der Waals surface area (Å²) in [5, 5.41) is 0. The largest absolute Gasteiger partial charge is 0.331 e. The SMILES string of the molecule is Cc1cccc(N2C(=O)CCN(C(C)(C)C)C2=O)c1. The van der Waals surface area contributed by atoms with Crippen LogP contribution in [0, 0.1) is 6.92 Å². The Balaban J connectivity index is 2.37. The molecule has 0 aliphatic carbocycles. The lowest BCUT2D eigenvalue weighted by Crippen LogP contribution is -2.58. The van der Waals surface area contributed by atoms with Gasteiger partial charge in [-0.15, -0.1) is 0 Å². The number of amides is 3. The van der Waals surface area contributed by atoms with E-state index in [-0.39, 0.29) is 17.5 Å². The number of imide groups is 1. The van der Waals surface area contributed by atoms with Crippen LogP contribution in [0.15, 0.2) is 24.3 Å². The molecule has 0 saturated carbocycles. The molecule has 1 aliphatic heterocycles. The van der Waals surface area contributed by atoms with Gasteiger partial charge in [-0.3, -0.25) is 4.79 Å². The van der Waals surface area contributed by atoms with Gasteiger partial charge >= 0.3 is 6.03 Å². The van der Waals surface area contributed by atoms with Crippen LogP contribution in [0.25, 0.3) is 0 Å². The molecule has 1 aromatic rings. The fourth-order valence-corrected chi connectivity index (χ4v) is 2.29. The van der Waals surface area contributed by atoms with Crippen LogP contribution < -0.4 is 4.90 Å². The second-order valence-corrected chi connectivity index (χ2v) is 5.92. The van der Waals surface area contributed by atoms with Crippen molar-refractivity contribution in [2.45, 2.75) is 39.7 Å². The van der Waals surface area contributed by atoms with Crippen LogP contribution in [0.3, 0.4) is 0 Å². The van der Waals surface area contributed by atoms with E-state index >= 15 is 0 Å². The molecule has 1 aliphatic rings. The lowest BCUT2D eigenvalue weighted by atomic mass is 10.0. The van der Waals surface area contributed by atoms with Crippen LogP contribution in [0.4, 0.5) is 10.5 Å². The van der Waals surface area contributed by atoms with Crippen molar-refractivity contribution >= 4 is 17.6 Å². The quantitative estimate of drug-likeness (QED) is 0.779. The second kappa shape index (κ2) is 4.68. The summed E-state index contributed by atoms with van der Waals surface area (Å²) in [5.41, 5.74) is 1.41. The molecule has 0 spiro atoms. The minimum Gasteiger partial charge on any atom is -0.319 e. The minimum atomic E-state index is -0.278. The predicted molar refractivity (Wildman–Crippen MR) is 75.1 cm³/mol. The van der Waals surface area contributed by atoms with Crippen LogP contribution in [-0.2, 0) is 4.79 Å². The van der Waals surface area contributed by atoms with Gasteiger partial charge in [0.25, 0.3) is 0 Å². The summed E-state index contributed by atoms with van der Waals surface area (Å²) < 4.78 is 0. The van der Waals surface area contributed by atoms with E-state index in [1.807, 2.05) is 45.9 Å². The number of anilines is 1. The Morgan fingerprint density at radius 1 is 1.16 bits per heavy atom. The zero-order valence-electron chi connectivity index (χ0n) is 11.9. The molecular formula is C15H20N2O2. The summed E-state index contributed by atoms with van der Waals surface area (Å²) in [5.74, 6) is -0.129. The lowest BCUT2D eigenvalue weighted by Gasteiger charge is -2.42. The fourth-order valence-electron chi connectivity index (χ4n) is 2.29. The molecule has 3 amide bonds. The van der Waals surface area contributed by atoms with Crippen molar-refractivity contribution in [2.24, 2.45) is 0 Å². The number of urea groups is 1. The molecule has 1 saturated heterocycles. The van der Waals surface area contributed by atoms with Crippen molar-refractivity contribution in [2.75, 3.05) is 11.4 Å². The fraction of sp³-hybridized carbons (Fsp3) is 0.467. The van der Waals surface area contributed by atoms with Crippen molar-refractivity contribution in [1.29, 1.82) is 0 Å². The zero-order valence-corrected chi connectivity index (χ0v) is 11.9. The highest BCUT2D eigenvalue weighted by Crippen LogP contribution is 2.26. The van der Waals surface area contributed by atoms with Crippen molar-refractivity contribution in [3.63, 3.8) is 0 Å². The predicted octanol–water partition coefficient (Wildman–Crippen LogP) is 2.95. The number of rotatable bonds is 1. The third-order valence-corrected chi connectivity index (χ3v) is 3.29. The first-order valence-corrected chi connectivity index (χ1v) is 6.52. The highest BCUT2D eigenvalue weighted by atomic mass is 16.2. The van der Waals surface area contributed by atoms with Crippen LogP contribution in [0.2, 0.25) is 0 Å². The third-order valence-electron chi connectivity index (χ3n) is 3.29. The molecule has 0 unspecified atom stereocenters. The van der Waals surface area contributed by atoms with E-state index in [0.717, 1.165) is 5.56 Å². The molecule has 4 heteroatoms. The number of hydrogen-bond donors (Lipinski definition) is 0. The maximum absolute atomic E-state index is 12.5. The topological polar surface area (TPSA) is 40.6 Å². The third kappa shape index (κ3) is 2.62. The first kappa shape index (κ1) is 13.6. The molecule has 1 aromatic carbocycles. The molecule has 4 nitrogen and oxygen atoms in total. The van der Waals surface area contributed by atoms with E-state index in [4.69, 9.17) is 0 Å². The summed E-state index contributed by atoms with van der Waals surface area (Å²) >= 11 is 0. The molecule has 102 valence electrons. The first-order chi connectivity index (χ1) is 8.80. The maximum Gasteiger partial charge on any atom is 0.331 e. The second-order valence-electron chi connectivity index (χ2n) is 5.92. The Labute approximate surface area is 114 Å². The monoisotopic (exact) mass is 260 g/mol. The Morgan fingerprint density at radius 3 is 2.42 bits per heavy atom. The van der Waals surface area contributed by atoms with E-state index in [2.05, 4.69) is 0 Å². The highest BCUT2D eigenvalue weighted by molar-refractivity contribution is 6.15. The molecule has 19 heavy (non-hydrogen) atoms. The van der Waals surface area contributed by atoms with Crippen LogP contribution >= 0.6 is 0 Å². The van der Waals surface area contributed by atoms with E-state index in [1.165, 1.54) is 4.90 Å². The van der Waals surface area contributed by atoms with Gasteiger partial charge in [-0.2, -0.15) is 0 Å². The smallest absolute Gasteiger partial charge is 0.319 e. The van der Waals surface area contributed by atoms with Crippen molar-refractivity contribution in [3.8, 4) is 0 Å². The van der Waals surface area contributed by atoms with Crippen molar-refractivity contribution in [3.05, 3.63) is 29.8 Å². The van der Waals surface area contributed by atoms with Crippen LogP contribution in [-0.4, -0.2) is 28.9 Å². The summed E-state index contributed by atoms with van der Waals surface area (Å²) in [6.45, 7) is 8.38.